The van der Waals surface area contributed by atoms with E-state index in [2.05, 4.69) is 48.0 Å². The summed E-state index contributed by atoms with van der Waals surface area (Å²) < 4.78 is 0. The number of nitrogens with one attached hydrogen (secondary N) is 3. The summed E-state index contributed by atoms with van der Waals surface area (Å²) in [7, 11) is 3.73. The fourth-order valence-corrected chi connectivity index (χ4v) is 5.08. The summed E-state index contributed by atoms with van der Waals surface area (Å²) in [6, 6.07) is 16.0. The van der Waals surface area contributed by atoms with E-state index in [9.17, 15) is 4.79 Å². The lowest BCUT2D eigenvalue weighted by Crippen LogP contribution is -2.27. The van der Waals surface area contributed by atoms with Crippen LogP contribution < -0.4 is 5.32 Å². The molecule has 5 aromatic heterocycles. The molecule has 0 bridgehead atoms. The molecule has 0 saturated carbocycles. The Morgan fingerprint density at radius 2 is 1.94 bits per heavy atom. The highest BCUT2D eigenvalue weighted by atomic mass is 32.1. The number of likely N-dealkylation sites (N-methyl/N-ethyl adjacent to an activating group) is 1. The lowest BCUT2D eigenvalue weighted by atomic mass is 10.1. The predicted octanol–water partition coefficient (Wildman–Crippen LogP) is 5.40. The number of carbonyl (C=O) groups is 1. The highest BCUT2D eigenvalue weighted by Gasteiger charge is 2.15. The van der Waals surface area contributed by atoms with Gasteiger partial charge in [-0.05, 0) is 49.8 Å². The molecule has 0 saturated heterocycles. The number of thiophene rings is 1. The molecular weight excluding hydrogens is 470 g/mol. The van der Waals surface area contributed by atoms with Gasteiger partial charge in [-0.2, -0.15) is 5.10 Å². The van der Waals surface area contributed by atoms with Gasteiger partial charge in [0.1, 0.15) is 5.69 Å². The number of fused-ring (bicyclic) bond motifs is 2. The van der Waals surface area contributed by atoms with Crippen LogP contribution >= 0.6 is 11.3 Å². The van der Waals surface area contributed by atoms with Gasteiger partial charge in [0.25, 0.3) is 0 Å². The number of anilines is 1. The van der Waals surface area contributed by atoms with Crippen LogP contribution in [0, 0.1) is 0 Å². The number of hydrogen-bond acceptors (Lipinski definition) is 6. The summed E-state index contributed by atoms with van der Waals surface area (Å²) in [5.41, 5.74) is 7.07. The normalized spacial score (nSPS) is 11.5. The Morgan fingerprint density at radius 3 is 2.78 bits per heavy atom. The Kier molecular flexibility index (Phi) is 5.55. The first-order chi connectivity index (χ1) is 17.5. The molecule has 0 fully saturated rings. The quantitative estimate of drug-likeness (QED) is 0.288. The first-order valence-corrected chi connectivity index (χ1v) is 12.3. The summed E-state index contributed by atoms with van der Waals surface area (Å²) in [6.07, 6.45) is 5.54. The van der Waals surface area contributed by atoms with Crippen LogP contribution in [0.4, 0.5) is 5.69 Å². The van der Waals surface area contributed by atoms with Gasteiger partial charge >= 0.3 is 0 Å². The lowest BCUT2D eigenvalue weighted by molar-refractivity contribution is -0.116. The van der Waals surface area contributed by atoms with Crippen LogP contribution in [0.3, 0.4) is 0 Å². The number of aromatic nitrogens is 5. The number of benzene rings is 1. The maximum absolute atomic E-state index is 12.2. The Balaban J connectivity index is 1.38. The minimum Gasteiger partial charge on any atom is -0.352 e. The van der Waals surface area contributed by atoms with E-state index in [4.69, 9.17) is 0 Å². The van der Waals surface area contributed by atoms with Crippen LogP contribution in [-0.2, 0) is 4.79 Å². The second-order valence-electron chi connectivity index (χ2n) is 8.86. The maximum atomic E-state index is 12.2. The molecule has 0 aliphatic heterocycles. The Labute approximate surface area is 211 Å². The van der Waals surface area contributed by atoms with Gasteiger partial charge < -0.3 is 15.2 Å². The zero-order chi connectivity index (χ0) is 24.6. The van der Waals surface area contributed by atoms with E-state index >= 15 is 0 Å². The smallest absolute Gasteiger partial charge is 0.238 e. The van der Waals surface area contributed by atoms with Crippen molar-refractivity contribution in [2.24, 2.45) is 0 Å². The van der Waals surface area contributed by atoms with Crippen molar-refractivity contribution in [1.29, 1.82) is 0 Å². The van der Waals surface area contributed by atoms with Gasteiger partial charge in [-0.15, -0.1) is 11.3 Å². The maximum Gasteiger partial charge on any atom is 0.238 e. The molecule has 1 aromatic carbocycles. The third-order valence-electron chi connectivity index (χ3n) is 5.94. The average Bonchev–Trinajstić information content (AvgIpc) is 3.62. The van der Waals surface area contributed by atoms with E-state index in [0.717, 1.165) is 55.7 Å². The molecule has 36 heavy (non-hydrogen) atoms. The zero-order valence-corrected chi connectivity index (χ0v) is 20.6. The number of carbonyl (C=O) groups excluding carboxylic acids is 1. The minimum atomic E-state index is -0.0621. The molecule has 0 aliphatic rings. The number of rotatable bonds is 6. The largest absolute Gasteiger partial charge is 0.352 e. The molecule has 0 atom stereocenters. The van der Waals surface area contributed by atoms with Crippen molar-refractivity contribution in [1.82, 2.24) is 30.0 Å². The topological polar surface area (TPSA) is 103 Å². The average molecular weight is 494 g/mol. The first kappa shape index (κ1) is 22.1. The van der Waals surface area contributed by atoms with Gasteiger partial charge in [0.05, 0.1) is 41.4 Å². The van der Waals surface area contributed by atoms with E-state index in [0.29, 0.717) is 6.54 Å². The predicted molar refractivity (Wildman–Crippen MR) is 145 cm³/mol. The molecule has 6 rings (SSSR count). The number of hydrogen-bond donors (Lipinski definition) is 3. The van der Waals surface area contributed by atoms with Crippen molar-refractivity contribution < 1.29 is 4.79 Å². The fraction of sp³-hybridized carbons (Fsp3) is 0.111. The number of H-pyrrole nitrogens is 2. The van der Waals surface area contributed by atoms with E-state index in [1.807, 2.05) is 67.8 Å². The van der Waals surface area contributed by atoms with E-state index in [1.54, 1.807) is 17.5 Å². The lowest BCUT2D eigenvalue weighted by Gasteiger charge is -2.11. The Hall–Kier alpha value is -4.34. The molecule has 1 amide bonds. The van der Waals surface area contributed by atoms with Crippen molar-refractivity contribution in [3.8, 4) is 33.1 Å². The molecule has 3 N–H and O–H groups in total. The fourth-order valence-electron chi connectivity index (χ4n) is 4.33. The Morgan fingerprint density at radius 1 is 1.03 bits per heavy atom. The van der Waals surface area contributed by atoms with Crippen molar-refractivity contribution in [3.05, 3.63) is 72.5 Å². The first-order valence-electron chi connectivity index (χ1n) is 11.5. The molecule has 6 aromatic rings. The van der Waals surface area contributed by atoms with E-state index < -0.39 is 0 Å². The summed E-state index contributed by atoms with van der Waals surface area (Å²) in [5.74, 6) is -0.0621. The van der Waals surface area contributed by atoms with Crippen LogP contribution in [0.5, 0.6) is 0 Å². The van der Waals surface area contributed by atoms with Gasteiger partial charge in [0.2, 0.25) is 5.91 Å². The van der Waals surface area contributed by atoms with Crippen molar-refractivity contribution in [3.63, 3.8) is 0 Å². The van der Waals surface area contributed by atoms with Crippen molar-refractivity contribution >= 4 is 44.7 Å². The molecule has 5 heterocycles. The van der Waals surface area contributed by atoms with Crippen molar-refractivity contribution in [2.45, 2.75) is 0 Å². The van der Waals surface area contributed by atoms with Crippen molar-refractivity contribution in [2.75, 3.05) is 26.0 Å². The molecule has 178 valence electrons. The number of nitrogens with zero attached hydrogens (tertiary/aromatic N) is 4. The molecule has 9 heteroatoms. The highest BCUT2D eigenvalue weighted by Crippen LogP contribution is 2.35. The van der Waals surface area contributed by atoms with E-state index in [-0.39, 0.29) is 5.91 Å². The van der Waals surface area contributed by atoms with Crippen LogP contribution in [0.2, 0.25) is 0 Å². The third-order valence-corrected chi connectivity index (χ3v) is 6.84. The molecule has 8 nitrogen and oxygen atoms in total. The molecular formula is C27H23N7OS. The summed E-state index contributed by atoms with van der Waals surface area (Å²) in [6.45, 7) is 0.320. The monoisotopic (exact) mass is 493 g/mol. The van der Waals surface area contributed by atoms with Crippen LogP contribution in [-0.4, -0.2) is 56.6 Å². The number of pyridine rings is 2. The van der Waals surface area contributed by atoms with Crippen LogP contribution in [0.25, 0.3) is 54.9 Å². The number of aromatic amines is 2. The highest BCUT2D eigenvalue weighted by molar-refractivity contribution is 7.13. The van der Waals surface area contributed by atoms with Gasteiger partial charge in [0, 0.05) is 38.7 Å². The van der Waals surface area contributed by atoms with Gasteiger partial charge in [0.15, 0.2) is 0 Å². The van der Waals surface area contributed by atoms with Gasteiger partial charge in [-0.25, -0.2) is 0 Å². The second kappa shape index (κ2) is 9.03. The minimum absolute atomic E-state index is 0.0621. The van der Waals surface area contributed by atoms with Crippen LogP contribution in [0.1, 0.15) is 0 Å². The molecule has 0 aliphatic carbocycles. The summed E-state index contributed by atoms with van der Waals surface area (Å²) in [4.78, 5) is 27.8. The number of amides is 1. The molecule has 0 spiro atoms. The summed E-state index contributed by atoms with van der Waals surface area (Å²) in [5, 5.41) is 14.8. The Bertz CT molecular complexity index is 1700. The summed E-state index contributed by atoms with van der Waals surface area (Å²) >= 11 is 1.69. The van der Waals surface area contributed by atoms with Gasteiger partial charge in [-0.3, -0.25) is 19.9 Å². The van der Waals surface area contributed by atoms with E-state index in [1.165, 1.54) is 4.88 Å². The second-order valence-corrected chi connectivity index (χ2v) is 9.81. The standard InChI is InChI=1S/C27H23N7OS/c1-34(2)15-26(35)30-17-6-3-5-16(9-17)21-11-19-24(14-29-21)32-33-27(19)22-10-18-20(25-7-4-8-36-25)12-28-13-23(18)31-22/h3-14,31H,15H2,1-2H3,(H,30,35)(H,32,33). The van der Waals surface area contributed by atoms with Crippen LogP contribution in [0.15, 0.2) is 72.5 Å². The van der Waals surface area contributed by atoms with Gasteiger partial charge in [-0.1, -0.05) is 18.2 Å². The molecule has 0 radical (unpaired) electrons. The third kappa shape index (κ3) is 4.15. The molecule has 0 unspecified atom stereocenters. The zero-order valence-electron chi connectivity index (χ0n) is 19.7. The SMILES string of the molecule is CN(C)CC(=O)Nc1cccc(-c2cc3c(-c4cc5c(-c6cccs6)cncc5[nH]4)n[nH]c3cn2)c1.